The maximum atomic E-state index is 11.4. The van der Waals surface area contributed by atoms with Crippen molar-refractivity contribution in [1.82, 2.24) is 0 Å². The van der Waals surface area contributed by atoms with Crippen LogP contribution in [-0.4, -0.2) is 54.4 Å². The van der Waals surface area contributed by atoms with Crippen LogP contribution in [-0.2, 0) is 27.1 Å². The Balaban J connectivity index is 1.92. The van der Waals surface area contributed by atoms with Crippen molar-refractivity contribution in [3.63, 3.8) is 0 Å². The number of benzene rings is 2. The summed E-state index contributed by atoms with van der Waals surface area (Å²) in [6, 6.07) is 20.3. The van der Waals surface area contributed by atoms with Crippen LogP contribution in [0.2, 0.25) is 19.6 Å². The number of hydrogen-bond donors (Lipinski definition) is 1. The molecule has 0 aliphatic heterocycles. The largest absolute Gasteiger partial charge is 0.412 e. The van der Waals surface area contributed by atoms with E-state index in [1.165, 1.54) is 0 Å². The van der Waals surface area contributed by atoms with Crippen LogP contribution in [0, 0.1) is 0 Å². The number of thioether (sulfide) groups is 2. The Bertz CT molecular complexity index is 827. The summed E-state index contributed by atoms with van der Waals surface area (Å²) in [5.74, 6) is 0. The van der Waals surface area contributed by atoms with Crippen molar-refractivity contribution >= 4 is 31.8 Å². The van der Waals surface area contributed by atoms with Crippen LogP contribution in [0.5, 0.6) is 0 Å². The Labute approximate surface area is 208 Å². The molecule has 0 aromatic heterocycles. The van der Waals surface area contributed by atoms with Crippen molar-refractivity contribution in [1.29, 1.82) is 0 Å². The highest BCUT2D eigenvalue weighted by Gasteiger charge is 2.48. The highest BCUT2D eigenvalue weighted by atomic mass is 32.2. The van der Waals surface area contributed by atoms with E-state index in [9.17, 15) is 5.11 Å². The van der Waals surface area contributed by atoms with Gasteiger partial charge in [-0.05, 0) is 56.1 Å². The van der Waals surface area contributed by atoms with Gasteiger partial charge in [0, 0.05) is 0 Å². The Hall–Kier alpha value is -0.803. The summed E-state index contributed by atoms with van der Waals surface area (Å²) < 4.78 is 19.6. The maximum absolute atomic E-state index is 11.4. The van der Waals surface area contributed by atoms with Crippen molar-refractivity contribution in [2.45, 2.75) is 74.2 Å². The molecule has 0 saturated heterocycles. The molecule has 0 spiro atoms. The molecule has 0 bridgehead atoms. The molecule has 0 heterocycles. The molecule has 1 saturated carbocycles. The summed E-state index contributed by atoms with van der Waals surface area (Å²) in [6.07, 6.45) is 4.04. The first-order chi connectivity index (χ1) is 15.8. The molecule has 33 heavy (non-hydrogen) atoms. The summed E-state index contributed by atoms with van der Waals surface area (Å²) in [4.78, 5) is 0. The second-order valence-corrected chi connectivity index (χ2v) is 16.7. The molecule has 3 rings (SSSR count). The van der Waals surface area contributed by atoms with Gasteiger partial charge in [0.15, 0.2) is 8.32 Å². The van der Waals surface area contributed by atoms with Crippen LogP contribution in [0.15, 0.2) is 60.7 Å². The van der Waals surface area contributed by atoms with Crippen LogP contribution < -0.4 is 0 Å². The molecule has 0 amide bonds. The van der Waals surface area contributed by atoms with E-state index in [0.717, 1.165) is 17.5 Å². The quantitative estimate of drug-likeness (QED) is 0.244. The fourth-order valence-electron chi connectivity index (χ4n) is 4.29. The van der Waals surface area contributed by atoms with Crippen LogP contribution >= 0.6 is 23.5 Å². The predicted molar refractivity (Wildman–Crippen MR) is 143 cm³/mol. The Morgan fingerprint density at radius 1 is 0.818 bits per heavy atom. The van der Waals surface area contributed by atoms with Gasteiger partial charge in [0.2, 0.25) is 0 Å². The first kappa shape index (κ1) is 26.8. The third kappa shape index (κ3) is 7.85. The van der Waals surface area contributed by atoms with E-state index in [1.54, 1.807) is 23.5 Å². The van der Waals surface area contributed by atoms with Crippen molar-refractivity contribution in [3.8, 4) is 0 Å². The molecule has 2 aromatic rings. The van der Waals surface area contributed by atoms with Crippen molar-refractivity contribution < 1.29 is 19.0 Å². The van der Waals surface area contributed by atoms with E-state index < -0.39 is 20.5 Å². The van der Waals surface area contributed by atoms with Gasteiger partial charge in [-0.1, -0.05) is 60.7 Å². The lowest BCUT2D eigenvalue weighted by Gasteiger charge is -2.37. The number of hydrogen-bond acceptors (Lipinski definition) is 6. The molecule has 0 unspecified atom stereocenters. The summed E-state index contributed by atoms with van der Waals surface area (Å²) in [5, 5.41) is 11.4. The molecule has 0 radical (unpaired) electrons. The first-order valence-corrected chi connectivity index (χ1v) is 17.4. The second kappa shape index (κ2) is 12.2. The topological polar surface area (TPSA) is 47.9 Å². The van der Waals surface area contributed by atoms with Gasteiger partial charge in [0.1, 0.15) is 12.2 Å². The molecule has 1 aliphatic carbocycles. The van der Waals surface area contributed by atoms with Gasteiger partial charge in [-0.15, -0.1) is 23.5 Å². The minimum Gasteiger partial charge on any atom is -0.412 e. The van der Waals surface area contributed by atoms with Crippen molar-refractivity contribution in [2.75, 3.05) is 12.5 Å². The first-order valence-electron chi connectivity index (χ1n) is 11.5. The minimum atomic E-state index is -1.88. The minimum absolute atomic E-state index is 0.150. The van der Waals surface area contributed by atoms with E-state index in [4.69, 9.17) is 13.9 Å². The Kier molecular flexibility index (Phi) is 9.94. The lowest BCUT2D eigenvalue weighted by molar-refractivity contribution is -0.156. The summed E-state index contributed by atoms with van der Waals surface area (Å²) in [5.41, 5.74) is 2.19. The Morgan fingerprint density at radius 3 is 1.76 bits per heavy atom. The fourth-order valence-corrected chi connectivity index (χ4v) is 7.42. The van der Waals surface area contributed by atoms with Crippen LogP contribution in [0.1, 0.15) is 24.0 Å². The molecule has 1 fully saturated rings. The summed E-state index contributed by atoms with van der Waals surface area (Å²) in [7, 11) is -1.88. The average Bonchev–Trinajstić information content (AvgIpc) is 2.90. The Morgan fingerprint density at radius 2 is 1.30 bits per heavy atom. The molecule has 1 N–H and O–H groups in total. The molecular formula is C26H38O4S2Si. The lowest BCUT2D eigenvalue weighted by atomic mass is 10.0. The molecule has 1 aliphatic rings. The zero-order valence-corrected chi connectivity index (χ0v) is 23.0. The van der Waals surface area contributed by atoms with E-state index in [0.29, 0.717) is 19.6 Å². The fraction of sp³-hybridized carbons (Fsp3) is 0.538. The van der Waals surface area contributed by atoms with Gasteiger partial charge in [-0.3, -0.25) is 0 Å². The maximum Gasteiger partial charge on any atom is 0.184 e. The van der Waals surface area contributed by atoms with Gasteiger partial charge in [-0.2, -0.15) is 0 Å². The van der Waals surface area contributed by atoms with Crippen molar-refractivity contribution in [2.24, 2.45) is 0 Å². The third-order valence-corrected chi connectivity index (χ3v) is 10.1. The predicted octanol–water partition coefficient (Wildman–Crippen LogP) is 5.95. The molecular weight excluding hydrogens is 469 g/mol. The van der Waals surface area contributed by atoms with E-state index in [1.807, 2.05) is 48.5 Å². The van der Waals surface area contributed by atoms with Gasteiger partial charge >= 0.3 is 0 Å². The number of aliphatic hydroxyl groups is 1. The van der Waals surface area contributed by atoms with Gasteiger partial charge in [0.25, 0.3) is 0 Å². The normalized spacial score (nSPS) is 25.5. The summed E-state index contributed by atoms with van der Waals surface area (Å²) >= 11 is 3.60. The number of rotatable bonds is 10. The van der Waals surface area contributed by atoms with E-state index in [-0.39, 0.29) is 16.3 Å². The average molecular weight is 507 g/mol. The van der Waals surface area contributed by atoms with Gasteiger partial charge in [-0.25, -0.2) is 0 Å². The monoisotopic (exact) mass is 506 g/mol. The van der Waals surface area contributed by atoms with E-state index >= 15 is 0 Å². The summed E-state index contributed by atoms with van der Waals surface area (Å²) in [6.45, 7) is 7.52. The van der Waals surface area contributed by atoms with Crippen molar-refractivity contribution in [3.05, 3.63) is 71.8 Å². The van der Waals surface area contributed by atoms with Crippen LogP contribution in [0.25, 0.3) is 0 Å². The van der Waals surface area contributed by atoms with Gasteiger partial charge in [0.05, 0.1) is 29.5 Å². The number of ether oxygens (including phenoxy) is 2. The molecule has 7 heteroatoms. The molecule has 4 nitrogen and oxygen atoms in total. The second-order valence-electron chi connectivity index (χ2n) is 9.59. The zero-order chi connectivity index (χ0) is 23.9. The highest BCUT2D eigenvalue weighted by molar-refractivity contribution is 8.17. The third-order valence-electron chi connectivity index (χ3n) is 5.92. The standard InChI is InChI=1S/C26H38O4S2Si/c1-31-26(32-2)16-22(27)24(28-18-20-12-8-6-9-13-20)25(23(17-26)30-33(3,4)5)29-19-21-14-10-7-11-15-21/h6-15,22-25,27H,16-19H2,1-5H3/t22-,23-,24-,25-/m1/s1. The van der Waals surface area contributed by atoms with E-state index in [2.05, 4.69) is 44.3 Å². The molecule has 2 aromatic carbocycles. The smallest absolute Gasteiger partial charge is 0.184 e. The van der Waals surface area contributed by atoms with Crippen LogP contribution in [0.3, 0.4) is 0 Å². The lowest BCUT2D eigenvalue weighted by Crippen LogP contribution is -2.49. The zero-order valence-electron chi connectivity index (χ0n) is 20.4. The molecule has 182 valence electrons. The van der Waals surface area contributed by atoms with Gasteiger partial charge < -0.3 is 19.0 Å². The SMILES string of the molecule is CSC1(SC)C[C@@H](O)[C@@H](OCc2ccccc2)[C@H](OCc2ccccc2)[C@H](O[Si](C)(C)C)C1. The number of aliphatic hydroxyl groups excluding tert-OH is 1. The molecule has 4 atom stereocenters. The van der Waals surface area contributed by atoms with Crippen LogP contribution in [0.4, 0.5) is 0 Å². The highest BCUT2D eigenvalue weighted by Crippen LogP contribution is 2.47.